The summed E-state index contributed by atoms with van der Waals surface area (Å²) in [6.07, 6.45) is 0. The number of methoxy groups -OCH3 is 1. The first kappa shape index (κ1) is 8.04. The predicted molar refractivity (Wildman–Crippen MR) is 42.9 cm³/mol. The molecule has 11 heavy (non-hydrogen) atoms. The monoisotopic (exact) mass is 153 g/mol. The van der Waals surface area contributed by atoms with Crippen LogP contribution >= 0.6 is 0 Å². The third-order valence-corrected chi connectivity index (χ3v) is 1.49. The summed E-state index contributed by atoms with van der Waals surface area (Å²) in [4.78, 5) is 0. The molecule has 0 fully saturated rings. The second kappa shape index (κ2) is 3.37. The molecule has 0 radical (unpaired) electrons. The maximum atomic E-state index is 10.9. The van der Waals surface area contributed by atoms with Gasteiger partial charge in [-0.1, -0.05) is 12.1 Å². The maximum absolute atomic E-state index is 10.9. The van der Waals surface area contributed by atoms with Crippen molar-refractivity contribution in [1.29, 1.82) is 0 Å². The molecule has 3 heteroatoms. The summed E-state index contributed by atoms with van der Waals surface area (Å²) in [5.74, 6) is 0.639. The van der Waals surface area contributed by atoms with Crippen LogP contribution in [0.3, 0.4) is 0 Å². The Morgan fingerprint density at radius 3 is 2.45 bits per heavy atom. The van der Waals surface area contributed by atoms with Gasteiger partial charge >= 0.3 is 0 Å². The average Bonchev–Trinajstić information content (AvgIpc) is 2.04. The molecule has 1 aromatic rings. The minimum Gasteiger partial charge on any atom is -0.629 e. The van der Waals surface area contributed by atoms with Crippen molar-refractivity contribution in [2.24, 2.45) is 0 Å². The van der Waals surface area contributed by atoms with E-state index in [4.69, 9.17) is 4.74 Å². The van der Waals surface area contributed by atoms with Crippen molar-refractivity contribution in [1.82, 2.24) is 0 Å². The number of nitrogens with one attached hydrogen (secondary N) is 1. The molecule has 1 unspecified atom stereocenters. The number of rotatable bonds is 2. The summed E-state index contributed by atoms with van der Waals surface area (Å²) in [6.45, 7) is 0. The highest BCUT2D eigenvalue weighted by Crippen LogP contribution is 2.18. The Hall–Kier alpha value is -1.06. The summed E-state index contributed by atoms with van der Waals surface area (Å²) < 4.78 is 4.99. The second-order valence-corrected chi connectivity index (χ2v) is 2.26. The summed E-state index contributed by atoms with van der Waals surface area (Å²) in [5, 5.41) is 11.0. The summed E-state index contributed by atoms with van der Waals surface area (Å²) in [6, 6.07) is 7.18. The first-order chi connectivity index (χ1) is 5.25. The van der Waals surface area contributed by atoms with Crippen LogP contribution in [0.15, 0.2) is 24.3 Å². The minimum absolute atomic E-state index is 0.0300. The first-order valence-corrected chi connectivity index (χ1v) is 3.39. The Bertz CT molecular complexity index is 235. The van der Waals surface area contributed by atoms with Crippen molar-refractivity contribution in [2.45, 2.75) is 0 Å². The fourth-order valence-corrected chi connectivity index (χ4v) is 0.935. The van der Waals surface area contributed by atoms with E-state index in [0.29, 0.717) is 11.4 Å². The lowest BCUT2D eigenvalue weighted by Gasteiger charge is -2.17. The fourth-order valence-electron chi connectivity index (χ4n) is 0.935. The smallest absolute Gasteiger partial charge is 0.179 e. The van der Waals surface area contributed by atoms with Crippen molar-refractivity contribution in [3.05, 3.63) is 29.5 Å². The molecule has 0 heterocycles. The predicted octanol–water partition coefficient (Wildman–Crippen LogP) is 0.339. The Kier molecular flexibility index (Phi) is 2.46. The quantitative estimate of drug-likeness (QED) is 0.622. The van der Waals surface area contributed by atoms with E-state index in [1.807, 2.05) is 12.1 Å². The topological polar surface area (TPSA) is 36.7 Å². The number of quaternary nitrogens is 1. The molecule has 0 aliphatic rings. The number of hydroxylamine groups is 1. The van der Waals surface area contributed by atoms with Crippen LogP contribution < -0.4 is 9.80 Å². The molecular weight excluding hydrogens is 142 g/mol. The maximum Gasteiger partial charge on any atom is 0.179 e. The van der Waals surface area contributed by atoms with Gasteiger partial charge in [0.25, 0.3) is 0 Å². The molecular formula is C8H11NO2. The van der Waals surface area contributed by atoms with E-state index in [1.54, 1.807) is 19.2 Å². The van der Waals surface area contributed by atoms with Crippen LogP contribution in [-0.4, -0.2) is 14.2 Å². The molecule has 1 atom stereocenters. The van der Waals surface area contributed by atoms with Gasteiger partial charge < -0.3 is 15.0 Å². The molecule has 0 spiro atoms. The van der Waals surface area contributed by atoms with Crippen molar-refractivity contribution in [2.75, 3.05) is 14.2 Å². The standard InChI is InChI=1S/C8H11NO2/c1-9(10)7-5-3-4-6-8(7)11-2/h3-6,9H,1-2H3. The van der Waals surface area contributed by atoms with E-state index in [2.05, 4.69) is 0 Å². The van der Waals surface area contributed by atoms with Gasteiger partial charge in [-0.2, -0.15) is 0 Å². The van der Waals surface area contributed by atoms with Crippen molar-refractivity contribution < 1.29 is 9.80 Å². The summed E-state index contributed by atoms with van der Waals surface area (Å²) in [7, 11) is 3.08. The van der Waals surface area contributed by atoms with Gasteiger partial charge in [0.1, 0.15) is 0 Å². The Morgan fingerprint density at radius 2 is 2.00 bits per heavy atom. The van der Waals surface area contributed by atoms with Crippen molar-refractivity contribution in [3.63, 3.8) is 0 Å². The highest BCUT2D eigenvalue weighted by molar-refractivity contribution is 5.45. The second-order valence-electron chi connectivity index (χ2n) is 2.26. The average molecular weight is 153 g/mol. The van der Waals surface area contributed by atoms with E-state index in [1.165, 1.54) is 7.05 Å². The zero-order valence-corrected chi connectivity index (χ0v) is 6.63. The largest absolute Gasteiger partial charge is 0.629 e. The van der Waals surface area contributed by atoms with E-state index < -0.39 is 0 Å². The van der Waals surface area contributed by atoms with Gasteiger partial charge in [-0.3, -0.25) is 0 Å². The third kappa shape index (κ3) is 1.69. The lowest BCUT2D eigenvalue weighted by Crippen LogP contribution is -2.98. The van der Waals surface area contributed by atoms with E-state index in [-0.39, 0.29) is 5.06 Å². The normalized spacial score (nSPS) is 12.6. The van der Waals surface area contributed by atoms with E-state index in [0.717, 1.165) is 0 Å². The fraction of sp³-hybridized carbons (Fsp3) is 0.250. The highest BCUT2D eigenvalue weighted by Gasteiger charge is 2.03. The molecule has 0 aliphatic carbocycles. The van der Waals surface area contributed by atoms with Gasteiger partial charge in [0.2, 0.25) is 0 Å². The van der Waals surface area contributed by atoms with Crippen molar-refractivity contribution in [3.8, 4) is 5.75 Å². The number of ether oxygens (including phenoxy) is 1. The minimum atomic E-state index is 0.0300. The molecule has 3 nitrogen and oxygen atoms in total. The number of hydrogen-bond acceptors (Lipinski definition) is 2. The first-order valence-electron chi connectivity index (χ1n) is 3.39. The zero-order valence-electron chi connectivity index (χ0n) is 6.63. The summed E-state index contributed by atoms with van der Waals surface area (Å²) >= 11 is 0. The molecule has 1 rings (SSSR count). The van der Waals surface area contributed by atoms with Crippen LogP contribution in [-0.2, 0) is 0 Å². The van der Waals surface area contributed by atoms with Crippen LogP contribution in [0.2, 0.25) is 0 Å². The van der Waals surface area contributed by atoms with Gasteiger partial charge in [-0.15, -0.1) is 0 Å². The molecule has 1 aromatic carbocycles. The van der Waals surface area contributed by atoms with E-state index in [9.17, 15) is 5.21 Å². The van der Waals surface area contributed by atoms with Gasteiger partial charge in [-0.25, -0.2) is 0 Å². The van der Waals surface area contributed by atoms with Crippen LogP contribution in [0, 0.1) is 5.21 Å². The van der Waals surface area contributed by atoms with Crippen LogP contribution in [0.4, 0.5) is 5.69 Å². The molecule has 0 aromatic heterocycles. The van der Waals surface area contributed by atoms with Crippen molar-refractivity contribution >= 4 is 5.69 Å². The number of benzene rings is 1. The molecule has 0 amide bonds. The Morgan fingerprint density at radius 1 is 1.36 bits per heavy atom. The Labute approximate surface area is 65.8 Å². The molecule has 0 bridgehead atoms. The van der Waals surface area contributed by atoms with Gasteiger partial charge in [0.15, 0.2) is 11.4 Å². The van der Waals surface area contributed by atoms with Crippen LogP contribution in [0.5, 0.6) is 5.75 Å². The molecule has 0 aliphatic heterocycles. The molecule has 60 valence electrons. The number of para-hydroxylation sites is 2. The lowest BCUT2D eigenvalue weighted by atomic mass is 10.3. The van der Waals surface area contributed by atoms with E-state index >= 15 is 0 Å². The van der Waals surface area contributed by atoms with Gasteiger partial charge in [0.05, 0.1) is 14.2 Å². The number of hydrogen-bond donors (Lipinski definition) is 1. The van der Waals surface area contributed by atoms with Gasteiger partial charge in [-0.05, 0) is 6.07 Å². The highest BCUT2D eigenvalue weighted by atomic mass is 16.5. The molecule has 0 saturated carbocycles. The van der Waals surface area contributed by atoms with Crippen LogP contribution in [0.25, 0.3) is 0 Å². The lowest BCUT2D eigenvalue weighted by molar-refractivity contribution is -0.751. The van der Waals surface area contributed by atoms with Gasteiger partial charge in [0, 0.05) is 6.07 Å². The molecule has 1 N–H and O–H groups in total. The van der Waals surface area contributed by atoms with Crippen LogP contribution in [0.1, 0.15) is 0 Å². The zero-order chi connectivity index (χ0) is 8.27. The summed E-state index contributed by atoms with van der Waals surface area (Å²) in [5.41, 5.74) is 0.634. The molecule has 0 saturated heterocycles. The Balaban J connectivity index is 3.02. The SMILES string of the molecule is COc1ccccc1[NH+](C)[O-]. The third-order valence-electron chi connectivity index (χ3n) is 1.49.